The van der Waals surface area contributed by atoms with Gasteiger partial charge < -0.3 is 16.8 Å². The minimum atomic E-state index is -4.14. The molecule has 3 rings (SSSR count). The topological polar surface area (TPSA) is 107 Å². The number of carbonyl (C=O) groups is 1. The van der Waals surface area contributed by atoms with Gasteiger partial charge in [-0.1, -0.05) is 24.3 Å². The summed E-state index contributed by atoms with van der Waals surface area (Å²) in [6.07, 6.45) is -2.88. The lowest BCUT2D eigenvalue weighted by Crippen LogP contribution is -2.45. The molecule has 5 N–H and O–H groups in total. The van der Waals surface area contributed by atoms with E-state index in [1.807, 2.05) is 12.1 Å². The summed E-state index contributed by atoms with van der Waals surface area (Å²) in [4.78, 5) is 19.5. The number of carbonyl (C=O) groups excluding carboxylic acids is 1. The van der Waals surface area contributed by atoms with Crippen LogP contribution < -0.4 is 16.8 Å². The smallest absolute Gasteiger partial charge is 0.384 e. The molecule has 27 heavy (non-hydrogen) atoms. The van der Waals surface area contributed by atoms with Crippen molar-refractivity contribution in [3.05, 3.63) is 41.6 Å². The summed E-state index contributed by atoms with van der Waals surface area (Å²) >= 11 is 0. The molecule has 0 radical (unpaired) electrons. The fraction of sp³-hybridized carbons (Fsp3) is 0.389. The van der Waals surface area contributed by atoms with Crippen LogP contribution in [0.1, 0.15) is 28.9 Å². The van der Waals surface area contributed by atoms with Crippen molar-refractivity contribution in [2.45, 2.75) is 31.5 Å². The molecule has 1 aliphatic heterocycles. The second-order valence-corrected chi connectivity index (χ2v) is 6.69. The summed E-state index contributed by atoms with van der Waals surface area (Å²) < 4.78 is 38.2. The molecule has 2 unspecified atom stereocenters. The molecule has 0 saturated carbocycles. The van der Waals surface area contributed by atoms with Gasteiger partial charge in [0, 0.05) is 24.2 Å². The van der Waals surface area contributed by atoms with Crippen molar-refractivity contribution in [1.82, 2.24) is 15.3 Å². The Morgan fingerprint density at radius 3 is 2.44 bits per heavy atom. The lowest BCUT2D eigenvalue weighted by molar-refractivity contribution is -0.179. The number of anilines is 1. The number of rotatable bonds is 4. The van der Waals surface area contributed by atoms with Crippen molar-refractivity contribution in [3.8, 4) is 11.4 Å². The van der Waals surface area contributed by atoms with E-state index in [1.54, 1.807) is 12.1 Å². The zero-order chi connectivity index (χ0) is 19.6. The minimum absolute atomic E-state index is 0.0135. The van der Waals surface area contributed by atoms with Crippen LogP contribution in [-0.4, -0.2) is 34.6 Å². The Balaban J connectivity index is 1.66. The number of hydrogen-bond acceptors (Lipinski definition) is 5. The van der Waals surface area contributed by atoms with Gasteiger partial charge >= 0.3 is 6.18 Å². The van der Waals surface area contributed by atoms with Crippen LogP contribution in [-0.2, 0) is 6.42 Å². The van der Waals surface area contributed by atoms with Crippen LogP contribution >= 0.6 is 0 Å². The molecular weight excluding hydrogens is 359 g/mol. The van der Waals surface area contributed by atoms with Gasteiger partial charge in [-0.05, 0) is 24.8 Å². The van der Waals surface area contributed by atoms with Crippen LogP contribution in [0, 0.1) is 5.92 Å². The molecule has 2 heterocycles. The van der Waals surface area contributed by atoms with Gasteiger partial charge in [0.2, 0.25) is 0 Å². The van der Waals surface area contributed by atoms with Crippen LogP contribution in [0.5, 0.6) is 0 Å². The zero-order valence-corrected chi connectivity index (χ0v) is 14.5. The standard InChI is InChI=1S/C18H20F3N5O/c19-18(20,21)12-5-6-13(24-9-12)7-10-1-3-11(4-2-10)17-25-14(16(23)27)8-15(22)26-17/h1-4,8,12-13,24H,5-7,9H2,(H2,23,27)(H2,22,25,26). The maximum Gasteiger partial charge on any atom is 0.393 e. The molecule has 9 heteroatoms. The van der Waals surface area contributed by atoms with Gasteiger partial charge in [0.05, 0.1) is 5.92 Å². The number of piperidine rings is 1. The fourth-order valence-corrected chi connectivity index (χ4v) is 3.16. The number of benzene rings is 1. The largest absolute Gasteiger partial charge is 0.393 e. The second kappa shape index (κ2) is 7.51. The molecule has 1 aliphatic rings. The first-order valence-corrected chi connectivity index (χ1v) is 8.56. The van der Waals surface area contributed by atoms with Gasteiger partial charge in [0.1, 0.15) is 11.5 Å². The van der Waals surface area contributed by atoms with E-state index in [0.29, 0.717) is 24.2 Å². The maximum atomic E-state index is 12.7. The predicted molar refractivity (Wildman–Crippen MR) is 94.7 cm³/mol. The minimum Gasteiger partial charge on any atom is -0.384 e. The van der Waals surface area contributed by atoms with Crippen LogP contribution in [0.3, 0.4) is 0 Å². The van der Waals surface area contributed by atoms with Crippen molar-refractivity contribution in [2.24, 2.45) is 11.7 Å². The Hall–Kier alpha value is -2.68. The number of alkyl halides is 3. The van der Waals surface area contributed by atoms with Gasteiger partial charge in [-0.15, -0.1) is 0 Å². The van der Waals surface area contributed by atoms with Crippen LogP contribution in [0.4, 0.5) is 19.0 Å². The summed E-state index contributed by atoms with van der Waals surface area (Å²) in [6.45, 7) is -0.0424. The van der Waals surface area contributed by atoms with E-state index < -0.39 is 18.0 Å². The summed E-state index contributed by atoms with van der Waals surface area (Å²) in [6, 6.07) is 8.63. The number of halogens is 3. The number of nitrogens with one attached hydrogen (secondary N) is 1. The fourth-order valence-electron chi connectivity index (χ4n) is 3.16. The molecule has 144 valence electrons. The molecule has 1 aromatic heterocycles. The predicted octanol–water partition coefficient (Wildman–Crippen LogP) is 2.30. The van der Waals surface area contributed by atoms with Crippen molar-refractivity contribution in [2.75, 3.05) is 12.3 Å². The summed E-state index contributed by atoms with van der Waals surface area (Å²) in [5.74, 6) is -1.53. The Morgan fingerprint density at radius 2 is 1.89 bits per heavy atom. The number of amides is 1. The number of hydrogen-bond donors (Lipinski definition) is 3. The first-order chi connectivity index (χ1) is 12.7. The molecular formula is C18H20F3N5O. The normalized spacial score (nSPS) is 20.4. The lowest BCUT2D eigenvalue weighted by Gasteiger charge is -2.31. The van der Waals surface area contributed by atoms with Crippen molar-refractivity contribution >= 4 is 11.7 Å². The van der Waals surface area contributed by atoms with Gasteiger partial charge in [-0.25, -0.2) is 9.97 Å². The zero-order valence-electron chi connectivity index (χ0n) is 14.5. The summed E-state index contributed by atoms with van der Waals surface area (Å²) in [5, 5.41) is 2.99. The van der Waals surface area contributed by atoms with E-state index in [2.05, 4.69) is 15.3 Å². The van der Waals surface area contributed by atoms with Crippen LogP contribution in [0.2, 0.25) is 0 Å². The maximum absolute atomic E-state index is 12.7. The van der Waals surface area contributed by atoms with E-state index >= 15 is 0 Å². The molecule has 1 aromatic carbocycles. The molecule has 0 aliphatic carbocycles. The monoisotopic (exact) mass is 379 g/mol. The third-order valence-electron chi connectivity index (χ3n) is 4.67. The molecule has 0 bridgehead atoms. The van der Waals surface area contributed by atoms with E-state index in [-0.39, 0.29) is 30.5 Å². The Morgan fingerprint density at radius 1 is 1.19 bits per heavy atom. The molecule has 1 fully saturated rings. The Kier molecular flexibility index (Phi) is 5.31. The van der Waals surface area contributed by atoms with Gasteiger partial charge in [0.25, 0.3) is 5.91 Å². The average molecular weight is 379 g/mol. The molecule has 6 nitrogen and oxygen atoms in total. The first-order valence-electron chi connectivity index (χ1n) is 8.56. The molecule has 0 spiro atoms. The number of primary amides is 1. The first kappa shape index (κ1) is 19.1. The quantitative estimate of drug-likeness (QED) is 0.756. The average Bonchev–Trinajstić information content (AvgIpc) is 2.61. The van der Waals surface area contributed by atoms with Crippen molar-refractivity contribution in [1.29, 1.82) is 0 Å². The van der Waals surface area contributed by atoms with Crippen molar-refractivity contribution < 1.29 is 18.0 Å². The molecule has 2 aromatic rings. The lowest BCUT2D eigenvalue weighted by atomic mass is 9.91. The highest BCUT2D eigenvalue weighted by atomic mass is 19.4. The Bertz CT molecular complexity index is 815. The third-order valence-corrected chi connectivity index (χ3v) is 4.67. The van der Waals surface area contributed by atoms with E-state index in [0.717, 1.165) is 5.56 Å². The van der Waals surface area contributed by atoms with Crippen LogP contribution in [0.15, 0.2) is 30.3 Å². The van der Waals surface area contributed by atoms with Crippen LogP contribution in [0.25, 0.3) is 11.4 Å². The molecule has 1 amide bonds. The number of nitrogen functional groups attached to an aromatic ring is 1. The second-order valence-electron chi connectivity index (χ2n) is 6.69. The highest BCUT2D eigenvalue weighted by Crippen LogP contribution is 2.32. The van der Waals surface area contributed by atoms with Crippen molar-refractivity contribution in [3.63, 3.8) is 0 Å². The molecule has 1 saturated heterocycles. The van der Waals surface area contributed by atoms with Gasteiger partial charge in [0.15, 0.2) is 5.82 Å². The number of nitrogens with zero attached hydrogens (tertiary/aromatic N) is 2. The number of nitrogens with two attached hydrogens (primary N) is 2. The third kappa shape index (κ3) is 4.73. The highest BCUT2D eigenvalue weighted by Gasteiger charge is 2.41. The van der Waals surface area contributed by atoms with E-state index in [1.165, 1.54) is 6.07 Å². The molecule has 2 atom stereocenters. The highest BCUT2D eigenvalue weighted by molar-refractivity contribution is 5.91. The van der Waals surface area contributed by atoms with Gasteiger partial charge in [-0.3, -0.25) is 4.79 Å². The van der Waals surface area contributed by atoms with E-state index in [9.17, 15) is 18.0 Å². The summed E-state index contributed by atoms with van der Waals surface area (Å²) in [7, 11) is 0. The van der Waals surface area contributed by atoms with E-state index in [4.69, 9.17) is 11.5 Å². The van der Waals surface area contributed by atoms with Gasteiger partial charge in [-0.2, -0.15) is 13.2 Å². The summed E-state index contributed by atoms with van der Waals surface area (Å²) in [5.41, 5.74) is 12.6. The number of aromatic nitrogens is 2. The SMILES string of the molecule is NC(=O)c1cc(N)nc(-c2ccc(CC3CCC(C(F)(F)F)CN3)cc2)n1. The Labute approximate surface area is 154 Å².